The molecule has 0 atom stereocenters. The first-order chi connectivity index (χ1) is 7.72. The monoisotopic (exact) mass is 218 g/mol. The van der Waals surface area contributed by atoms with Crippen molar-refractivity contribution < 1.29 is 9.53 Å². The van der Waals surface area contributed by atoms with Gasteiger partial charge in [0, 0.05) is 11.9 Å². The molecule has 0 fully saturated rings. The molecular formula is C12H14N2O2. The fourth-order valence-electron chi connectivity index (χ4n) is 1.66. The van der Waals surface area contributed by atoms with Crippen molar-refractivity contribution >= 4 is 5.97 Å². The molecule has 2 aromatic heterocycles. The zero-order valence-corrected chi connectivity index (χ0v) is 9.33. The van der Waals surface area contributed by atoms with Gasteiger partial charge < -0.3 is 14.7 Å². The Morgan fingerprint density at radius 2 is 2.31 bits per heavy atom. The molecule has 2 aromatic rings. The lowest BCUT2D eigenvalue weighted by atomic mass is 10.2. The molecule has 0 aromatic carbocycles. The summed E-state index contributed by atoms with van der Waals surface area (Å²) < 4.78 is 5.01. The Bertz CT molecular complexity index is 483. The number of hydrogen-bond donors (Lipinski definition) is 2. The number of rotatable bonds is 3. The van der Waals surface area contributed by atoms with Crippen molar-refractivity contribution in [1.29, 1.82) is 0 Å². The summed E-state index contributed by atoms with van der Waals surface area (Å²) in [6.45, 7) is 4.09. The fourth-order valence-corrected chi connectivity index (χ4v) is 1.66. The number of esters is 1. The van der Waals surface area contributed by atoms with E-state index >= 15 is 0 Å². The third-order valence-electron chi connectivity index (χ3n) is 2.31. The van der Waals surface area contributed by atoms with E-state index in [1.54, 1.807) is 13.0 Å². The average Bonchev–Trinajstić information content (AvgIpc) is 2.85. The first kappa shape index (κ1) is 10.5. The summed E-state index contributed by atoms with van der Waals surface area (Å²) in [5, 5.41) is 0. The van der Waals surface area contributed by atoms with Crippen molar-refractivity contribution in [3.63, 3.8) is 0 Å². The summed E-state index contributed by atoms with van der Waals surface area (Å²) in [4.78, 5) is 17.9. The minimum Gasteiger partial charge on any atom is -0.462 e. The van der Waals surface area contributed by atoms with Gasteiger partial charge in [0.2, 0.25) is 0 Å². The van der Waals surface area contributed by atoms with E-state index < -0.39 is 0 Å². The van der Waals surface area contributed by atoms with E-state index in [9.17, 15) is 4.79 Å². The number of ether oxygens (including phenoxy) is 1. The van der Waals surface area contributed by atoms with Gasteiger partial charge in [-0.3, -0.25) is 0 Å². The van der Waals surface area contributed by atoms with Gasteiger partial charge in [-0.2, -0.15) is 0 Å². The summed E-state index contributed by atoms with van der Waals surface area (Å²) >= 11 is 0. The lowest BCUT2D eigenvalue weighted by Crippen LogP contribution is -2.04. The lowest BCUT2D eigenvalue weighted by Gasteiger charge is -2.01. The van der Waals surface area contributed by atoms with E-state index in [1.807, 2.05) is 25.3 Å². The highest BCUT2D eigenvalue weighted by atomic mass is 16.5. The molecule has 0 unspecified atom stereocenters. The van der Waals surface area contributed by atoms with Gasteiger partial charge in [0.15, 0.2) is 0 Å². The Balaban J connectivity index is 2.42. The Labute approximate surface area is 93.6 Å². The Morgan fingerprint density at radius 1 is 1.50 bits per heavy atom. The normalized spacial score (nSPS) is 10.4. The second-order valence-corrected chi connectivity index (χ2v) is 3.55. The topological polar surface area (TPSA) is 57.9 Å². The van der Waals surface area contributed by atoms with Crippen LogP contribution in [0.2, 0.25) is 0 Å². The molecule has 4 heteroatoms. The van der Waals surface area contributed by atoms with E-state index in [0.717, 1.165) is 17.1 Å². The second-order valence-electron chi connectivity index (χ2n) is 3.55. The van der Waals surface area contributed by atoms with Gasteiger partial charge in [0.05, 0.1) is 23.6 Å². The Kier molecular flexibility index (Phi) is 2.81. The van der Waals surface area contributed by atoms with Gasteiger partial charge in [-0.25, -0.2) is 4.79 Å². The van der Waals surface area contributed by atoms with Gasteiger partial charge in [-0.1, -0.05) is 0 Å². The number of carbonyl (C=O) groups is 1. The van der Waals surface area contributed by atoms with Crippen LogP contribution in [-0.4, -0.2) is 22.5 Å². The van der Waals surface area contributed by atoms with Crippen LogP contribution in [0.5, 0.6) is 0 Å². The standard InChI is InChI=1S/C12H14N2O2/c1-3-16-12(15)9-7-8(2)14-11(9)10-5-4-6-13-10/h4-7,13-14H,3H2,1-2H3. The number of aromatic amines is 2. The van der Waals surface area contributed by atoms with Crippen molar-refractivity contribution in [3.8, 4) is 11.4 Å². The van der Waals surface area contributed by atoms with Crippen LogP contribution in [0, 0.1) is 6.92 Å². The van der Waals surface area contributed by atoms with E-state index in [4.69, 9.17) is 4.74 Å². The number of nitrogens with one attached hydrogen (secondary N) is 2. The first-order valence-corrected chi connectivity index (χ1v) is 5.23. The SMILES string of the molecule is CCOC(=O)c1cc(C)[nH]c1-c1ccc[nH]1. The average molecular weight is 218 g/mol. The molecule has 0 amide bonds. The second kappa shape index (κ2) is 4.26. The largest absolute Gasteiger partial charge is 0.462 e. The number of carbonyl (C=O) groups excluding carboxylic acids is 1. The molecule has 0 aliphatic rings. The Morgan fingerprint density at radius 3 is 2.94 bits per heavy atom. The van der Waals surface area contributed by atoms with Crippen LogP contribution in [0.1, 0.15) is 23.0 Å². The highest BCUT2D eigenvalue weighted by Gasteiger charge is 2.16. The van der Waals surface area contributed by atoms with Crippen molar-refractivity contribution in [2.24, 2.45) is 0 Å². The molecule has 0 aliphatic carbocycles. The molecule has 0 spiro atoms. The van der Waals surface area contributed by atoms with Crippen LogP contribution in [0.3, 0.4) is 0 Å². The first-order valence-electron chi connectivity index (χ1n) is 5.23. The predicted molar refractivity (Wildman–Crippen MR) is 61.3 cm³/mol. The zero-order valence-electron chi connectivity index (χ0n) is 9.33. The number of aromatic nitrogens is 2. The summed E-state index contributed by atoms with van der Waals surface area (Å²) in [6.07, 6.45) is 1.82. The van der Waals surface area contributed by atoms with Gasteiger partial charge in [-0.05, 0) is 32.0 Å². The molecule has 2 rings (SSSR count). The minimum absolute atomic E-state index is 0.295. The third-order valence-corrected chi connectivity index (χ3v) is 2.31. The van der Waals surface area contributed by atoms with E-state index in [0.29, 0.717) is 12.2 Å². The molecule has 16 heavy (non-hydrogen) atoms. The number of H-pyrrole nitrogens is 2. The van der Waals surface area contributed by atoms with Crippen LogP contribution in [0.4, 0.5) is 0 Å². The summed E-state index contributed by atoms with van der Waals surface area (Å²) in [7, 11) is 0. The number of hydrogen-bond acceptors (Lipinski definition) is 2. The zero-order chi connectivity index (χ0) is 11.5. The van der Waals surface area contributed by atoms with Gasteiger partial charge in [0.1, 0.15) is 0 Å². The maximum atomic E-state index is 11.7. The highest BCUT2D eigenvalue weighted by Crippen LogP contribution is 2.22. The van der Waals surface area contributed by atoms with Crippen molar-refractivity contribution in [1.82, 2.24) is 9.97 Å². The van der Waals surface area contributed by atoms with Crippen molar-refractivity contribution in [2.75, 3.05) is 6.61 Å². The third kappa shape index (κ3) is 1.86. The maximum absolute atomic E-state index is 11.7. The van der Waals surface area contributed by atoms with Crippen LogP contribution in [0.15, 0.2) is 24.4 Å². The quantitative estimate of drug-likeness (QED) is 0.777. The summed E-state index contributed by atoms with van der Waals surface area (Å²) in [5.74, 6) is -0.295. The minimum atomic E-state index is -0.295. The van der Waals surface area contributed by atoms with Crippen LogP contribution in [-0.2, 0) is 4.74 Å². The smallest absolute Gasteiger partial charge is 0.340 e. The molecule has 84 valence electrons. The summed E-state index contributed by atoms with van der Waals surface area (Å²) in [5.41, 5.74) is 3.17. The number of aryl methyl sites for hydroxylation is 1. The summed E-state index contributed by atoms with van der Waals surface area (Å²) in [6, 6.07) is 5.60. The molecule has 2 heterocycles. The lowest BCUT2D eigenvalue weighted by molar-refractivity contribution is 0.0527. The van der Waals surface area contributed by atoms with Crippen molar-refractivity contribution in [2.45, 2.75) is 13.8 Å². The molecule has 0 saturated carbocycles. The van der Waals surface area contributed by atoms with Gasteiger partial charge >= 0.3 is 5.97 Å². The van der Waals surface area contributed by atoms with Crippen LogP contribution >= 0.6 is 0 Å². The van der Waals surface area contributed by atoms with E-state index in [-0.39, 0.29) is 5.97 Å². The van der Waals surface area contributed by atoms with E-state index in [1.165, 1.54) is 0 Å². The molecule has 0 bridgehead atoms. The Hall–Kier alpha value is -1.97. The highest BCUT2D eigenvalue weighted by molar-refractivity contribution is 5.96. The molecule has 0 radical (unpaired) electrons. The van der Waals surface area contributed by atoms with Crippen LogP contribution in [0.25, 0.3) is 11.4 Å². The van der Waals surface area contributed by atoms with Gasteiger partial charge in [-0.15, -0.1) is 0 Å². The molecule has 0 aliphatic heterocycles. The molecule has 2 N–H and O–H groups in total. The molecule has 4 nitrogen and oxygen atoms in total. The van der Waals surface area contributed by atoms with Crippen LogP contribution < -0.4 is 0 Å². The maximum Gasteiger partial charge on any atom is 0.340 e. The fraction of sp³-hybridized carbons (Fsp3) is 0.250. The molecular weight excluding hydrogens is 204 g/mol. The van der Waals surface area contributed by atoms with E-state index in [2.05, 4.69) is 9.97 Å². The van der Waals surface area contributed by atoms with Crippen molar-refractivity contribution in [3.05, 3.63) is 35.7 Å². The van der Waals surface area contributed by atoms with Gasteiger partial charge in [0.25, 0.3) is 0 Å². The molecule has 0 saturated heterocycles. The predicted octanol–water partition coefficient (Wildman–Crippen LogP) is 2.49.